The van der Waals surface area contributed by atoms with Gasteiger partial charge in [-0.1, -0.05) is 18.2 Å². The van der Waals surface area contributed by atoms with E-state index in [1.54, 1.807) is 12.1 Å². The van der Waals surface area contributed by atoms with E-state index < -0.39 is 0 Å². The van der Waals surface area contributed by atoms with Crippen LogP contribution in [0.1, 0.15) is 28.6 Å². The molecule has 3 heteroatoms. The molecule has 0 saturated carbocycles. The van der Waals surface area contributed by atoms with Crippen LogP contribution in [0.4, 0.5) is 4.39 Å². The Hall–Kier alpha value is -2.81. The molecular weight excluding hydrogens is 299 g/mol. The van der Waals surface area contributed by atoms with E-state index in [-0.39, 0.29) is 12.0 Å². The Morgan fingerprint density at radius 1 is 0.917 bits per heavy atom. The fourth-order valence-corrected chi connectivity index (χ4v) is 3.59. The SMILES string of the molecule is Cc1cc(F)ccc1C1[N+](C)=C(c2ccccc2)c2cccc[n+]21. The van der Waals surface area contributed by atoms with E-state index in [0.29, 0.717) is 0 Å². The van der Waals surface area contributed by atoms with Crippen LogP contribution in [-0.2, 0) is 0 Å². The maximum absolute atomic E-state index is 13.5. The minimum absolute atomic E-state index is 0.0250. The molecule has 1 aliphatic heterocycles. The predicted molar refractivity (Wildman–Crippen MR) is 91.8 cm³/mol. The quantitative estimate of drug-likeness (QED) is 0.639. The second kappa shape index (κ2) is 5.68. The predicted octanol–water partition coefficient (Wildman–Crippen LogP) is 3.46. The number of aromatic nitrogens is 1. The van der Waals surface area contributed by atoms with Crippen LogP contribution in [0.15, 0.2) is 72.9 Å². The average Bonchev–Trinajstić information content (AvgIpc) is 2.88. The van der Waals surface area contributed by atoms with Gasteiger partial charge in [-0.15, -0.1) is 4.57 Å². The molecule has 24 heavy (non-hydrogen) atoms. The molecule has 0 N–H and O–H groups in total. The smallest absolute Gasteiger partial charge is 0.207 e. The molecule has 1 atom stereocenters. The van der Waals surface area contributed by atoms with Crippen LogP contribution < -0.4 is 4.57 Å². The Morgan fingerprint density at radius 2 is 1.67 bits per heavy atom. The zero-order valence-corrected chi connectivity index (χ0v) is 13.8. The number of nitrogens with zero attached hydrogens (tertiary/aromatic N) is 2. The summed E-state index contributed by atoms with van der Waals surface area (Å²) >= 11 is 0. The van der Waals surface area contributed by atoms with E-state index in [0.717, 1.165) is 11.1 Å². The molecule has 0 amide bonds. The lowest BCUT2D eigenvalue weighted by molar-refractivity contribution is -0.845. The van der Waals surface area contributed by atoms with Crippen LogP contribution in [0.25, 0.3) is 0 Å². The van der Waals surface area contributed by atoms with E-state index in [1.165, 1.54) is 17.0 Å². The Balaban J connectivity index is 1.96. The lowest BCUT2D eigenvalue weighted by Crippen LogP contribution is -2.42. The summed E-state index contributed by atoms with van der Waals surface area (Å²) in [4.78, 5) is 0. The number of aryl methyl sites for hydroxylation is 1. The highest BCUT2D eigenvalue weighted by molar-refractivity contribution is 6.07. The first-order valence-corrected chi connectivity index (χ1v) is 8.08. The first-order chi connectivity index (χ1) is 11.7. The zero-order valence-electron chi connectivity index (χ0n) is 13.8. The molecule has 4 rings (SSSR count). The molecule has 0 radical (unpaired) electrons. The van der Waals surface area contributed by atoms with E-state index in [9.17, 15) is 4.39 Å². The summed E-state index contributed by atoms with van der Waals surface area (Å²) in [5.41, 5.74) is 5.61. The monoisotopic (exact) mass is 318 g/mol. The van der Waals surface area contributed by atoms with Gasteiger partial charge in [0.1, 0.15) is 12.9 Å². The molecule has 1 aromatic heterocycles. The van der Waals surface area contributed by atoms with Gasteiger partial charge in [0.15, 0.2) is 6.20 Å². The molecule has 0 saturated heterocycles. The second-order valence-electron chi connectivity index (χ2n) is 6.19. The maximum Gasteiger partial charge on any atom is 0.375 e. The highest BCUT2D eigenvalue weighted by Crippen LogP contribution is 2.25. The van der Waals surface area contributed by atoms with Crippen molar-refractivity contribution in [1.82, 2.24) is 0 Å². The Bertz CT molecular complexity index is 945. The normalized spacial score (nSPS) is 16.4. The Morgan fingerprint density at radius 3 is 2.42 bits per heavy atom. The molecule has 0 aliphatic carbocycles. The van der Waals surface area contributed by atoms with Gasteiger partial charge in [0.25, 0.3) is 11.4 Å². The van der Waals surface area contributed by atoms with Crippen LogP contribution in [0, 0.1) is 12.7 Å². The fourth-order valence-electron chi connectivity index (χ4n) is 3.59. The molecule has 1 unspecified atom stereocenters. The lowest BCUT2D eigenvalue weighted by atomic mass is 10.1. The van der Waals surface area contributed by atoms with Gasteiger partial charge in [-0.25, -0.2) is 4.39 Å². The van der Waals surface area contributed by atoms with Crippen molar-refractivity contribution in [2.75, 3.05) is 7.05 Å². The van der Waals surface area contributed by atoms with Crippen LogP contribution in [-0.4, -0.2) is 17.3 Å². The third-order valence-electron chi connectivity index (χ3n) is 4.67. The van der Waals surface area contributed by atoms with Crippen molar-refractivity contribution in [3.63, 3.8) is 0 Å². The summed E-state index contributed by atoms with van der Waals surface area (Å²) < 4.78 is 18.1. The number of pyridine rings is 1. The summed E-state index contributed by atoms with van der Waals surface area (Å²) in [6.45, 7) is 1.97. The van der Waals surface area contributed by atoms with Gasteiger partial charge in [0, 0.05) is 12.1 Å². The van der Waals surface area contributed by atoms with Gasteiger partial charge in [-0.2, -0.15) is 4.58 Å². The van der Waals surface area contributed by atoms with Gasteiger partial charge in [-0.05, 0) is 48.9 Å². The molecule has 2 heterocycles. The van der Waals surface area contributed by atoms with Gasteiger partial charge in [0.05, 0.1) is 11.1 Å². The van der Waals surface area contributed by atoms with Gasteiger partial charge >= 0.3 is 6.17 Å². The summed E-state index contributed by atoms with van der Waals surface area (Å²) in [5.74, 6) is -0.192. The van der Waals surface area contributed by atoms with Crippen molar-refractivity contribution in [2.45, 2.75) is 13.1 Å². The number of hydrogen-bond acceptors (Lipinski definition) is 0. The third-order valence-corrected chi connectivity index (χ3v) is 4.67. The third kappa shape index (κ3) is 2.24. The van der Waals surface area contributed by atoms with Crippen LogP contribution >= 0.6 is 0 Å². The number of benzene rings is 2. The molecule has 1 aliphatic rings. The van der Waals surface area contributed by atoms with Crippen molar-refractivity contribution >= 4 is 5.71 Å². The number of hydrogen-bond donors (Lipinski definition) is 0. The average molecular weight is 318 g/mol. The number of rotatable bonds is 2. The molecule has 2 aromatic carbocycles. The first-order valence-electron chi connectivity index (χ1n) is 8.08. The second-order valence-corrected chi connectivity index (χ2v) is 6.19. The van der Waals surface area contributed by atoms with Crippen LogP contribution in [0.2, 0.25) is 0 Å². The highest BCUT2D eigenvalue weighted by atomic mass is 19.1. The summed E-state index contributed by atoms with van der Waals surface area (Å²) in [5, 5.41) is 0. The summed E-state index contributed by atoms with van der Waals surface area (Å²) in [7, 11) is 2.10. The fraction of sp³-hybridized carbons (Fsp3) is 0.143. The molecule has 3 aromatic rings. The molecule has 0 spiro atoms. The zero-order chi connectivity index (χ0) is 16.7. The molecular formula is C21H19FN2+2. The Labute approximate surface area is 141 Å². The maximum atomic E-state index is 13.5. The van der Waals surface area contributed by atoms with E-state index in [4.69, 9.17) is 0 Å². The minimum Gasteiger partial charge on any atom is -0.207 e. The summed E-state index contributed by atoms with van der Waals surface area (Å²) in [6, 6.07) is 21.7. The van der Waals surface area contributed by atoms with E-state index >= 15 is 0 Å². The van der Waals surface area contributed by atoms with Crippen molar-refractivity contribution in [2.24, 2.45) is 0 Å². The lowest BCUT2D eigenvalue weighted by Gasteiger charge is -2.08. The van der Waals surface area contributed by atoms with Crippen molar-refractivity contribution in [3.05, 3.63) is 101 Å². The van der Waals surface area contributed by atoms with Gasteiger partial charge in [-0.3, -0.25) is 0 Å². The minimum atomic E-state index is -0.192. The molecule has 0 bridgehead atoms. The Kier molecular flexibility index (Phi) is 3.49. The number of fused-ring (bicyclic) bond motifs is 1. The van der Waals surface area contributed by atoms with Gasteiger partial charge in [0.2, 0.25) is 0 Å². The van der Waals surface area contributed by atoms with Gasteiger partial charge < -0.3 is 0 Å². The topological polar surface area (TPSA) is 6.89 Å². The molecule has 2 nitrogen and oxygen atoms in total. The first kappa shape index (κ1) is 14.8. The van der Waals surface area contributed by atoms with Crippen molar-refractivity contribution in [1.29, 1.82) is 0 Å². The highest BCUT2D eigenvalue weighted by Gasteiger charge is 2.45. The van der Waals surface area contributed by atoms with Crippen molar-refractivity contribution in [3.8, 4) is 0 Å². The van der Waals surface area contributed by atoms with Crippen LogP contribution in [0.3, 0.4) is 0 Å². The molecule has 118 valence electrons. The van der Waals surface area contributed by atoms with E-state index in [2.05, 4.69) is 58.8 Å². The largest absolute Gasteiger partial charge is 0.375 e. The number of halogens is 1. The van der Waals surface area contributed by atoms with E-state index in [1.807, 2.05) is 25.1 Å². The van der Waals surface area contributed by atoms with Crippen LogP contribution in [0.5, 0.6) is 0 Å². The summed E-state index contributed by atoms with van der Waals surface area (Å²) in [6.07, 6.45) is 2.12. The van der Waals surface area contributed by atoms with Crippen molar-refractivity contribution < 1.29 is 13.5 Å². The standard InChI is InChI=1S/C21H19FN2/c1-15-14-17(22)11-12-18(15)21-23(2)20(16-8-4-3-5-9-16)19-10-6-7-13-24(19)21/h3-14,21H,1-2H3/q+2. The molecule has 0 fully saturated rings.